The van der Waals surface area contributed by atoms with E-state index in [1.807, 2.05) is 59.8 Å². The molecule has 3 N–H and O–H groups in total. The SMILES string of the molecule is C=CS/C(=C/CC)NC(=O)c1ccc(C)c(Nc2ncncc2-c2cc(NC)ncn2)c1.CC.CC.CCC(F)(F)F. The lowest BCUT2D eigenvalue weighted by Crippen LogP contribution is -2.21. The van der Waals surface area contributed by atoms with E-state index < -0.39 is 12.6 Å². The van der Waals surface area contributed by atoms with Gasteiger partial charge in [0.2, 0.25) is 0 Å². The van der Waals surface area contributed by atoms with Gasteiger partial charge >= 0.3 is 6.18 Å². The van der Waals surface area contributed by atoms with E-state index in [0.717, 1.165) is 35.2 Å². The molecule has 0 unspecified atom stereocenters. The summed E-state index contributed by atoms with van der Waals surface area (Å²) in [6.45, 7) is 16.8. The molecule has 0 aliphatic heterocycles. The van der Waals surface area contributed by atoms with Crippen LogP contribution in [0.4, 0.5) is 30.5 Å². The van der Waals surface area contributed by atoms with Crippen molar-refractivity contribution < 1.29 is 18.0 Å². The Morgan fingerprint density at radius 1 is 1.05 bits per heavy atom. The van der Waals surface area contributed by atoms with E-state index in [1.54, 1.807) is 30.8 Å². The Labute approximate surface area is 251 Å². The predicted molar refractivity (Wildman–Crippen MR) is 170 cm³/mol. The number of allylic oxidation sites excluding steroid dienone is 1. The Kier molecular flexibility index (Phi) is 18.9. The third-order valence-electron chi connectivity index (χ3n) is 4.90. The van der Waals surface area contributed by atoms with Crippen LogP contribution < -0.4 is 16.0 Å². The Bertz CT molecular complexity index is 1270. The fourth-order valence-corrected chi connectivity index (χ4v) is 3.47. The smallest absolute Gasteiger partial charge is 0.373 e. The van der Waals surface area contributed by atoms with Gasteiger partial charge in [0.05, 0.1) is 16.3 Å². The zero-order chi connectivity index (χ0) is 32.1. The number of nitrogens with zero attached hydrogens (tertiary/aromatic N) is 4. The van der Waals surface area contributed by atoms with Gasteiger partial charge in [-0.05, 0) is 36.4 Å². The first kappa shape index (κ1) is 38.1. The lowest BCUT2D eigenvalue weighted by molar-refractivity contribution is -0.130. The molecule has 1 aromatic carbocycles. The second kappa shape index (κ2) is 20.9. The lowest BCUT2D eigenvalue weighted by Gasteiger charge is -2.14. The van der Waals surface area contributed by atoms with E-state index in [9.17, 15) is 18.0 Å². The highest BCUT2D eigenvalue weighted by atomic mass is 32.2. The fraction of sp³-hybridized carbons (Fsp3) is 0.367. The highest BCUT2D eigenvalue weighted by molar-refractivity contribution is 8.05. The van der Waals surface area contributed by atoms with Crippen molar-refractivity contribution in [1.29, 1.82) is 0 Å². The van der Waals surface area contributed by atoms with Crippen molar-refractivity contribution >= 4 is 35.0 Å². The average molecular weight is 606 g/mol. The number of hydrogen-bond donors (Lipinski definition) is 3. The first-order valence-corrected chi connectivity index (χ1v) is 14.5. The first-order chi connectivity index (χ1) is 20.1. The van der Waals surface area contributed by atoms with Crippen molar-refractivity contribution in [2.75, 3.05) is 17.7 Å². The van der Waals surface area contributed by atoms with E-state index in [-0.39, 0.29) is 5.91 Å². The number of carbonyl (C=O) groups is 1. The van der Waals surface area contributed by atoms with E-state index in [4.69, 9.17) is 0 Å². The molecule has 0 spiro atoms. The summed E-state index contributed by atoms with van der Waals surface area (Å²) in [5.74, 6) is 1.07. The maximum atomic E-state index is 12.8. The number of aromatic nitrogens is 4. The Balaban J connectivity index is 0.00000147. The minimum atomic E-state index is -3.96. The van der Waals surface area contributed by atoms with Crippen molar-refractivity contribution in [2.45, 2.75) is 67.5 Å². The molecule has 0 aliphatic carbocycles. The molecule has 3 rings (SSSR count). The van der Waals surface area contributed by atoms with E-state index in [2.05, 4.69) is 42.5 Å². The summed E-state index contributed by atoms with van der Waals surface area (Å²) in [6, 6.07) is 7.31. The molecule has 0 atom stereocenters. The van der Waals surface area contributed by atoms with Crippen molar-refractivity contribution in [1.82, 2.24) is 25.3 Å². The van der Waals surface area contributed by atoms with Gasteiger partial charge in [0.15, 0.2) is 0 Å². The van der Waals surface area contributed by atoms with Gasteiger partial charge in [-0.25, -0.2) is 19.9 Å². The van der Waals surface area contributed by atoms with Crippen LogP contribution >= 0.6 is 11.8 Å². The molecule has 0 saturated carbocycles. The third kappa shape index (κ3) is 13.6. The highest BCUT2D eigenvalue weighted by Gasteiger charge is 2.22. The second-order valence-corrected chi connectivity index (χ2v) is 8.67. The first-order valence-electron chi connectivity index (χ1n) is 13.6. The molecule has 0 bridgehead atoms. The topological polar surface area (TPSA) is 105 Å². The standard InChI is InChI=1S/C23H25N7OS.C3H5F3.2C2H6/c1-5-7-21(32-6-2)30-23(31)16-9-8-15(3)18(10-16)29-22-17(12-25-13-28-22)19-11-20(24-4)27-14-26-19;1-2-3(4,5)6;2*1-2/h6-14H,2,5H2,1,3-4H3,(H,30,31)(H,24,26,27)(H,25,28,29);2H2,1H3;2*1-2H3/b21-7+;;;. The number of nitrogens with one attached hydrogen (secondary N) is 3. The molecular weight excluding hydrogens is 563 g/mol. The number of rotatable bonds is 9. The van der Waals surface area contributed by atoms with Crippen molar-refractivity contribution in [3.63, 3.8) is 0 Å². The minimum absolute atomic E-state index is 0.195. The third-order valence-corrected chi connectivity index (χ3v) is 5.59. The molecule has 0 radical (unpaired) electrons. The Morgan fingerprint density at radius 2 is 1.71 bits per heavy atom. The van der Waals surface area contributed by atoms with Crippen molar-refractivity contribution in [3.8, 4) is 11.3 Å². The zero-order valence-electron chi connectivity index (χ0n) is 25.6. The van der Waals surface area contributed by atoms with Crippen LogP contribution in [0.5, 0.6) is 0 Å². The van der Waals surface area contributed by atoms with Gasteiger partial charge in [-0.15, -0.1) is 0 Å². The molecule has 1 amide bonds. The number of carbonyl (C=O) groups excluding carboxylic acids is 1. The monoisotopic (exact) mass is 605 g/mol. The van der Waals surface area contributed by atoms with Crippen LogP contribution in [-0.4, -0.2) is 39.1 Å². The number of anilines is 3. The van der Waals surface area contributed by atoms with Gasteiger partial charge in [0.25, 0.3) is 5.91 Å². The van der Waals surface area contributed by atoms with Gasteiger partial charge < -0.3 is 16.0 Å². The van der Waals surface area contributed by atoms with E-state index in [0.29, 0.717) is 22.9 Å². The van der Waals surface area contributed by atoms with Gasteiger partial charge in [0.1, 0.15) is 24.3 Å². The van der Waals surface area contributed by atoms with Gasteiger partial charge in [-0.2, -0.15) is 13.2 Å². The number of thioether (sulfide) groups is 1. The second-order valence-electron chi connectivity index (χ2n) is 7.66. The Hall–Kier alpha value is -3.93. The average Bonchev–Trinajstić information content (AvgIpc) is 3.00. The number of amides is 1. The summed E-state index contributed by atoms with van der Waals surface area (Å²) < 4.78 is 32.4. The Morgan fingerprint density at radius 3 is 2.29 bits per heavy atom. The van der Waals surface area contributed by atoms with E-state index in [1.165, 1.54) is 24.4 Å². The van der Waals surface area contributed by atoms with Crippen molar-refractivity contribution in [2.24, 2.45) is 0 Å². The number of halogens is 3. The van der Waals surface area contributed by atoms with Crippen LogP contribution in [0.25, 0.3) is 11.3 Å². The lowest BCUT2D eigenvalue weighted by atomic mass is 10.1. The number of hydrogen-bond acceptors (Lipinski definition) is 8. The number of aryl methyl sites for hydroxylation is 1. The van der Waals surface area contributed by atoms with Gasteiger partial charge in [-0.1, -0.05) is 72.0 Å². The molecular formula is C30H42F3N7OS. The van der Waals surface area contributed by atoms with E-state index >= 15 is 0 Å². The maximum absolute atomic E-state index is 12.8. The summed E-state index contributed by atoms with van der Waals surface area (Å²) in [7, 11) is 1.79. The molecule has 230 valence electrons. The summed E-state index contributed by atoms with van der Waals surface area (Å²) in [4.78, 5) is 29.8. The number of alkyl halides is 3. The zero-order valence-corrected chi connectivity index (χ0v) is 26.4. The molecule has 2 heterocycles. The fourth-order valence-electron chi connectivity index (χ4n) is 2.87. The highest BCUT2D eigenvalue weighted by Crippen LogP contribution is 2.29. The van der Waals surface area contributed by atoms with Crippen LogP contribution in [0, 0.1) is 6.92 Å². The predicted octanol–water partition coefficient (Wildman–Crippen LogP) is 8.90. The molecule has 0 fully saturated rings. The number of benzene rings is 1. The van der Waals surface area contributed by atoms with Gasteiger partial charge in [0, 0.05) is 37.0 Å². The minimum Gasteiger partial charge on any atom is -0.373 e. The van der Waals surface area contributed by atoms with Crippen LogP contribution in [0.2, 0.25) is 0 Å². The largest absolute Gasteiger partial charge is 0.388 e. The molecule has 0 aliphatic rings. The van der Waals surface area contributed by atoms with Crippen molar-refractivity contribution in [3.05, 3.63) is 77.3 Å². The van der Waals surface area contributed by atoms with Crippen LogP contribution in [0.3, 0.4) is 0 Å². The summed E-state index contributed by atoms with van der Waals surface area (Å²) >= 11 is 1.38. The molecule has 42 heavy (non-hydrogen) atoms. The van der Waals surface area contributed by atoms with Crippen LogP contribution in [0.1, 0.15) is 70.3 Å². The summed E-state index contributed by atoms with van der Waals surface area (Å²) in [5.41, 5.74) is 3.65. The van der Waals surface area contributed by atoms with Crippen LogP contribution in [-0.2, 0) is 0 Å². The summed E-state index contributed by atoms with van der Waals surface area (Å²) in [5, 5.41) is 11.7. The molecule has 12 heteroatoms. The molecule has 3 aromatic rings. The molecule has 2 aromatic heterocycles. The normalized spacial score (nSPS) is 10.4. The summed E-state index contributed by atoms with van der Waals surface area (Å²) in [6.07, 6.45) is 2.71. The molecule has 8 nitrogen and oxygen atoms in total. The quantitative estimate of drug-likeness (QED) is 0.222. The van der Waals surface area contributed by atoms with Gasteiger partial charge in [-0.3, -0.25) is 4.79 Å². The molecule has 0 saturated heterocycles. The van der Waals surface area contributed by atoms with Crippen LogP contribution in [0.15, 0.2) is 66.2 Å². The maximum Gasteiger partial charge on any atom is 0.388 e.